The first-order valence-corrected chi connectivity index (χ1v) is 9.30. The third-order valence-corrected chi connectivity index (χ3v) is 4.00. The molecule has 0 heterocycles. The van der Waals surface area contributed by atoms with Crippen molar-refractivity contribution in [3.63, 3.8) is 0 Å². The molecule has 0 fully saturated rings. The molecule has 1 aromatic carbocycles. The van der Waals surface area contributed by atoms with Gasteiger partial charge in [0.05, 0.1) is 43.5 Å². The summed E-state index contributed by atoms with van der Waals surface area (Å²) in [7, 11) is 0. The summed E-state index contributed by atoms with van der Waals surface area (Å²) in [5.41, 5.74) is 7.96. The third-order valence-electron chi connectivity index (χ3n) is 4.00. The molecule has 0 saturated heterocycles. The summed E-state index contributed by atoms with van der Waals surface area (Å²) in [6.45, 7) is 6.68. The largest absolute Gasteiger partial charge is 0.466 e. The second-order valence-corrected chi connectivity index (χ2v) is 6.17. The number of carbonyl (C=O) groups excluding carboxylic acids is 1. The standard InChI is InChI=1S/C19H32N4O4/c1-3-23(12-16(25)11-19(26)27-4-2)9-5-8-21-14-22-18-7-6-15(13-24)10-17(18)20/h6-7,10,14,16,24-25H,3-5,8-9,11-13,20H2,1-2H3,(H,21,22). The van der Waals surface area contributed by atoms with Crippen LogP contribution in [-0.4, -0.2) is 66.3 Å². The van der Waals surface area contributed by atoms with Gasteiger partial charge < -0.3 is 30.9 Å². The number of hydrogen-bond donors (Lipinski definition) is 4. The van der Waals surface area contributed by atoms with E-state index in [1.165, 1.54) is 0 Å². The third kappa shape index (κ3) is 9.37. The molecule has 8 nitrogen and oxygen atoms in total. The molecule has 0 aliphatic heterocycles. The molecule has 0 aliphatic rings. The molecular formula is C19H32N4O4. The molecule has 1 unspecified atom stereocenters. The summed E-state index contributed by atoms with van der Waals surface area (Å²) in [5.74, 6) is -0.372. The van der Waals surface area contributed by atoms with Gasteiger partial charge in [0.2, 0.25) is 0 Å². The number of aliphatic imine (C=N–C) groups is 1. The molecule has 0 bridgehead atoms. The zero-order chi connectivity index (χ0) is 20.1. The minimum absolute atomic E-state index is 0.0168. The van der Waals surface area contributed by atoms with Crippen molar-refractivity contribution in [2.75, 3.05) is 43.8 Å². The van der Waals surface area contributed by atoms with Gasteiger partial charge in [-0.3, -0.25) is 9.79 Å². The lowest BCUT2D eigenvalue weighted by Crippen LogP contribution is -2.34. The number of nitrogens with zero attached hydrogens (tertiary/aromatic N) is 2. The number of nitrogens with one attached hydrogen (secondary N) is 1. The van der Waals surface area contributed by atoms with Crippen LogP contribution in [0.2, 0.25) is 0 Å². The topological polar surface area (TPSA) is 120 Å². The van der Waals surface area contributed by atoms with E-state index in [0.717, 1.165) is 30.8 Å². The highest BCUT2D eigenvalue weighted by molar-refractivity contribution is 5.82. The number of nitrogen functional groups attached to an aromatic ring is 1. The SMILES string of the molecule is CCOC(=O)CC(O)CN(CC)CCCN=CNc1ccc(CO)cc1N. The monoisotopic (exact) mass is 380 g/mol. The summed E-state index contributed by atoms with van der Waals surface area (Å²) in [4.78, 5) is 17.8. The molecule has 0 amide bonds. The summed E-state index contributed by atoms with van der Waals surface area (Å²) in [6, 6.07) is 5.32. The molecule has 0 saturated carbocycles. The highest BCUT2D eigenvalue weighted by atomic mass is 16.5. The predicted octanol–water partition coefficient (Wildman–Crippen LogP) is 1.23. The van der Waals surface area contributed by atoms with Crippen LogP contribution in [0.1, 0.15) is 32.3 Å². The van der Waals surface area contributed by atoms with Crippen molar-refractivity contribution in [2.24, 2.45) is 4.99 Å². The van der Waals surface area contributed by atoms with E-state index in [1.807, 2.05) is 6.92 Å². The first-order chi connectivity index (χ1) is 13.0. The molecule has 1 rings (SSSR count). The molecule has 1 aromatic rings. The molecule has 152 valence electrons. The van der Waals surface area contributed by atoms with E-state index in [1.54, 1.807) is 31.5 Å². The highest BCUT2D eigenvalue weighted by Gasteiger charge is 2.14. The summed E-state index contributed by atoms with van der Waals surface area (Å²) in [5, 5.41) is 22.1. The van der Waals surface area contributed by atoms with Gasteiger partial charge in [0.15, 0.2) is 0 Å². The molecule has 0 aliphatic carbocycles. The smallest absolute Gasteiger partial charge is 0.308 e. The molecule has 0 spiro atoms. The van der Waals surface area contributed by atoms with Crippen LogP contribution in [0.4, 0.5) is 11.4 Å². The van der Waals surface area contributed by atoms with Gasteiger partial charge in [-0.2, -0.15) is 0 Å². The number of carbonyl (C=O) groups is 1. The van der Waals surface area contributed by atoms with E-state index < -0.39 is 6.10 Å². The Morgan fingerprint density at radius 3 is 2.85 bits per heavy atom. The maximum Gasteiger partial charge on any atom is 0.308 e. The van der Waals surface area contributed by atoms with Crippen LogP contribution >= 0.6 is 0 Å². The van der Waals surface area contributed by atoms with Gasteiger partial charge >= 0.3 is 5.97 Å². The van der Waals surface area contributed by atoms with Crippen LogP contribution in [0.15, 0.2) is 23.2 Å². The first kappa shape index (κ1) is 22.9. The lowest BCUT2D eigenvalue weighted by molar-refractivity contribution is -0.145. The number of benzene rings is 1. The first-order valence-electron chi connectivity index (χ1n) is 9.30. The fourth-order valence-electron chi connectivity index (χ4n) is 2.56. The predicted molar refractivity (Wildman–Crippen MR) is 108 cm³/mol. The number of aliphatic hydroxyl groups excluding tert-OH is 2. The Morgan fingerprint density at radius 1 is 1.44 bits per heavy atom. The van der Waals surface area contributed by atoms with Crippen molar-refractivity contribution in [3.05, 3.63) is 23.8 Å². The Kier molecular flexibility index (Phi) is 11.1. The fraction of sp³-hybridized carbons (Fsp3) is 0.579. The number of hydrogen-bond acceptors (Lipinski definition) is 7. The highest BCUT2D eigenvalue weighted by Crippen LogP contribution is 2.19. The molecule has 1 atom stereocenters. The maximum absolute atomic E-state index is 11.4. The number of ether oxygens (including phenoxy) is 1. The molecule has 27 heavy (non-hydrogen) atoms. The van der Waals surface area contributed by atoms with Crippen LogP contribution in [0.5, 0.6) is 0 Å². The van der Waals surface area contributed by atoms with E-state index in [-0.39, 0.29) is 19.0 Å². The Labute approximate surface area is 161 Å². The summed E-state index contributed by atoms with van der Waals surface area (Å²) in [6.07, 6.45) is 1.73. The zero-order valence-electron chi connectivity index (χ0n) is 16.2. The maximum atomic E-state index is 11.4. The lowest BCUT2D eigenvalue weighted by atomic mass is 10.2. The van der Waals surface area contributed by atoms with E-state index in [0.29, 0.717) is 25.4 Å². The van der Waals surface area contributed by atoms with E-state index >= 15 is 0 Å². The fourth-order valence-corrected chi connectivity index (χ4v) is 2.56. The second kappa shape index (κ2) is 13.1. The van der Waals surface area contributed by atoms with Gasteiger partial charge in [-0.15, -0.1) is 0 Å². The minimum Gasteiger partial charge on any atom is -0.466 e. The summed E-state index contributed by atoms with van der Waals surface area (Å²) >= 11 is 0. The summed E-state index contributed by atoms with van der Waals surface area (Å²) < 4.78 is 4.85. The van der Waals surface area contributed by atoms with Gasteiger partial charge in [0.25, 0.3) is 0 Å². The van der Waals surface area contributed by atoms with Crippen molar-refractivity contribution in [1.29, 1.82) is 0 Å². The van der Waals surface area contributed by atoms with Crippen molar-refractivity contribution < 1.29 is 19.7 Å². The second-order valence-electron chi connectivity index (χ2n) is 6.17. The zero-order valence-corrected chi connectivity index (χ0v) is 16.2. The Morgan fingerprint density at radius 2 is 2.22 bits per heavy atom. The number of likely N-dealkylation sites (N-methyl/N-ethyl adjacent to an activating group) is 1. The number of esters is 1. The van der Waals surface area contributed by atoms with E-state index in [2.05, 4.69) is 15.2 Å². The average molecular weight is 380 g/mol. The quantitative estimate of drug-likeness (QED) is 0.133. The molecular weight excluding hydrogens is 348 g/mol. The van der Waals surface area contributed by atoms with Crippen LogP contribution in [0.3, 0.4) is 0 Å². The number of anilines is 2. The Balaban J connectivity index is 2.28. The Bertz CT molecular complexity index is 595. The minimum atomic E-state index is -0.723. The molecule has 5 N–H and O–H groups in total. The Hall–Kier alpha value is -2.16. The van der Waals surface area contributed by atoms with Crippen LogP contribution < -0.4 is 11.1 Å². The number of nitrogens with two attached hydrogens (primary N) is 1. The van der Waals surface area contributed by atoms with Crippen molar-refractivity contribution in [3.8, 4) is 0 Å². The lowest BCUT2D eigenvalue weighted by Gasteiger charge is -2.22. The molecule has 0 radical (unpaired) electrons. The van der Waals surface area contributed by atoms with Gasteiger partial charge in [-0.05, 0) is 44.1 Å². The van der Waals surface area contributed by atoms with E-state index in [9.17, 15) is 9.90 Å². The van der Waals surface area contributed by atoms with Crippen LogP contribution in [0.25, 0.3) is 0 Å². The molecule has 0 aromatic heterocycles. The van der Waals surface area contributed by atoms with Crippen molar-refractivity contribution in [1.82, 2.24) is 4.90 Å². The number of rotatable bonds is 13. The molecule has 8 heteroatoms. The van der Waals surface area contributed by atoms with Crippen molar-refractivity contribution in [2.45, 2.75) is 39.4 Å². The normalized spacial score (nSPS) is 12.5. The van der Waals surface area contributed by atoms with Crippen LogP contribution in [0, 0.1) is 0 Å². The number of aliphatic hydroxyl groups is 2. The van der Waals surface area contributed by atoms with Crippen LogP contribution in [-0.2, 0) is 16.1 Å². The van der Waals surface area contributed by atoms with Gasteiger partial charge in [0, 0.05) is 13.1 Å². The van der Waals surface area contributed by atoms with Gasteiger partial charge in [-0.25, -0.2) is 0 Å². The van der Waals surface area contributed by atoms with Crippen molar-refractivity contribution >= 4 is 23.7 Å². The van der Waals surface area contributed by atoms with Gasteiger partial charge in [-0.1, -0.05) is 13.0 Å². The average Bonchev–Trinajstić information content (AvgIpc) is 2.64. The van der Waals surface area contributed by atoms with E-state index in [4.69, 9.17) is 15.6 Å². The van der Waals surface area contributed by atoms with Gasteiger partial charge in [0.1, 0.15) is 0 Å².